The first kappa shape index (κ1) is 55.1. The molecule has 5 amide bonds. The summed E-state index contributed by atoms with van der Waals surface area (Å²) in [5.74, 6) is -0.0451. The number of amides is 5. The Hall–Kier alpha value is -4.86. The number of hydrogen-bond acceptors (Lipinski definition) is 10. The highest BCUT2D eigenvalue weighted by molar-refractivity contribution is 5.91. The van der Waals surface area contributed by atoms with Crippen molar-refractivity contribution in [1.29, 1.82) is 0 Å². The van der Waals surface area contributed by atoms with Gasteiger partial charge >= 0.3 is 0 Å². The van der Waals surface area contributed by atoms with E-state index in [1.807, 2.05) is 57.2 Å². The fourth-order valence-corrected chi connectivity index (χ4v) is 5.73. The Morgan fingerprint density at radius 2 is 1.55 bits per heavy atom. The lowest BCUT2D eigenvalue weighted by molar-refractivity contribution is -0.139. The summed E-state index contributed by atoms with van der Waals surface area (Å²) in [6.07, 6.45) is 3.66. The molecule has 2 aromatic rings. The van der Waals surface area contributed by atoms with E-state index in [0.29, 0.717) is 62.9 Å². The van der Waals surface area contributed by atoms with E-state index < -0.39 is 30.1 Å². The van der Waals surface area contributed by atoms with E-state index in [1.165, 1.54) is 9.80 Å². The van der Waals surface area contributed by atoms with Gasteiger partial charge in [0.1, 0.15) is 23.9 Å². The number of likely N-dealkylation sites (tertiary alicyclic amines) is 1. The van der Waals surface area contributed by atoms with Crippen LogP contribution in [0, 0.1) is 5.92 Å². The minimum absolute atomic E-state index is 0.0378. The quantitative estimate of drug-likeness (QED) is 0.0796. The van der Waals surface area contributed by atoms with Crippen LogP contribution in [0.3, 0.4) is 0 Å². The number of likely N-dealkylation sites (N-methyl/N-ethyl adjacent to an activating group) is 2. The van der Waals surface area contributed by atoms with Gasteiger partial charge in [-0.1, -0.05) is 103 Å². The molecule has 2 aromatic carbocycles. The second-order valence-corrected chi connectivity index (χ2v) is 14.9. The first-order valence-corrected chi connectivity index (χ1v) is 21.2. The number of carbonyl (C=O) groups is 6. The minimum Gasteiger partial charge on any atom is -0.493 e. The Labute approximate surface area is 358 Å². The zero-order valence-electron chi connectivity index (χ0n) is 37.5. The van der Waals surface area contributed by atoms with Gasteiger partial charge in [-0.3, -0.25) is 24.0 Å². The molecule has 1 saturated heterocycles. The van der Waals surface area contributed by atoms with Crippen LogP contribution < -0.4 is 26.0 Å². The predicted octanol–water partition coefficient (Wildman–Crippen LogP) is 3.56. The minimum atomic E-state index is -1.30. The standard InChI is InChI=1S/C26H39N3O7.C13H19N3O2.C4H10.C2H6/c1-2-3-10-20(22(32)18-31)28-26(35)21-11-8-13-29(21)25(34)17-27-24(33)16-19-9-4-5-12-23(19)36-15-7-6-14-30;1-14-9-11(17)15-12(13(18)16(2)3)10-7-5-4-6-8-10;1-4(2)3;1-2/h4-5,9,12,18,20-22,30,32H,2-3,6-8,10-11,13-17H2,1H3,(H,27,33)(H,28,35);4-8,12,14H,9H2,1-3H3,(H,15,17);4H,1-3H3;1-2H3. The number of benzene rings is 2. The van der Waals surface area contributed by atoms with Crippen molar-refractivity contribution in [3.63, 3.8) is 0 Å². The SMILES string of the molecule is CC.CC(C)C.CCCCC(NC(=O)C1CCCN1C(=O)CNC(=O)Cc1ccccc1OCCCCO)C(O)C=O.CNCC(=O)NC(C(=O)N(C)C)c1ccccc1. The van der Waals surface area contributed by atoms with Crippen LogP contribution >= 0.6 is 0 Å². The first-order valence-electron chi connectivity index (χ1n) is 21.2. The van der Waals surface area contributed by atoms with Crippen LogP contribution in [0.1, 0.15) is 104 Å². The highest BCUT2D eigenvalue weighted by Gasteiger charge is 2.35. The van der Waals surface area contributed by atoms with E-state index >= 15 is 0 Å². The molecule has 6 N–H and O–H groups in total. The van der Waals surface area contributed by atoms with E-state index in [-0.39, 0.29) is 49.7 Å². The van der Waals surface area contributed by atoms with Crippen molar-refractivity contribution in [2.24, 2.45) is 5.92 Å². The van der Waals surface area contributed by atoms with Gasteiger partial charge in [0.2, 0.25) is 29.5 Å². The molecule has 4 unspecified atom stereocenters. The molecule has 338 valence electrons. The number of para-hydroxylation sites is 1. The van der Waals surface area contributed by atoms with Crippen LogP contribution in [0.4, 0.5) is 0 Å². The maximum atomic E-state index is 12.9. The van der Waals surface area contributed by atoms with Crippen molar-refractivity contribution < 1.29 is 43.7 Å². The molecule has 3 rings (SSSR count). The average molecular weight is 843 g/mol. The van der Waals surface area contributed by atoms with Crippen LogP contribution in [-0.2, 0) is 35.2 Å². The fourth-order valence-electron chi connectivity index (χ4n) is 5.73. The van der Waals surface area contributed by atoms with Crippen molar-refractivity contribution in [1.82, 2.24) is 31.1 Å². The molecule has 4 atom stereocenters. The molecular weight excluding hydrogens is 769 g/mol. The summed E-state index contributed by atoms with van der Waals surface area (Å²) in [7, 11) is 5.02. The lowest BCUT2D eigenvalue weighted by Crippen LogP contribution is -2.53. The van der Waals surface area contributed by atoms with Gasteiger partial charge in [0.25, 0.3) is 0 Å². The summed E-state index contributed by atoms with van der Waals surface area (Å²) < 4.78 is 5.72. The van der Waals surface area contributed by atoms with Crippen LogP contribution in [0.15, 0.2) is 54.6 Å². The summed E-state index contributed by atoms with van der Waals surface area (Å²) in [5.41, 5.74) is 1.47. The largest absolute Gasteiger partial charge is 0.493 e. The van der Waals surface area contributed by atoms with E-state index in [1.54, 1.807) is 39.3 Å². The van der Waals surface area contributed by atoms with Gasteiger partial charge in [0, 0.05) is 32.8 Å². The summed E-state index contributed by atoms with van der Waals surface area (Å²) >= 11 is 0. The predicted molar refractivity (Wildman–Crippen MR) is 235 cm³/mol. The highest BCUT2D eigenvalue weighted by atomic mass is 16.5. The summed E-state index contributed by atoms with van der Waals surface area (Å²) in [6.45, 7) is 13.3. The maximum absolute atomic E-state index is 12.9. The zero-order valence-corrected chi connectivity index (χ0v) is 37.5. The van der Waals surface area contributed by atoms with E-state index in [2.05, 4.69) is 42.0 Å². The number of nitrogens with one attached hydrogen (secondary N) is 4. The van der Waals surface area contributed by atoms with Crippen molar-refractivity contribution in [3.8, 4) is 5.75 Å². The molecule has 1 aliphatic heterocycles. The first-order chi connectivity index (χ1) is 28.7. The molecule has 1 fully saturated rings. The number of carbonyl (C=O) groups excluding carboxylic acids is 6. The smallest absolute Gasteiger partial charge is 0.249 e. The van der Waals surface area contributed by atoms with E-state index in [4.69, 9.17) is 9.84 Å². The normalized spacial score (nSPS) is 14.3. The third-order valence-corrected chi connectivity index (χ3v) is 8.66. The van der Waals surface area contributed by atoms with Crippen LogP contribution in [-0.4, -0.2) is 128 Å². The van der Waals surface area contributed by atoms with Crippen LogP contribution in [0.25, 0.3) is 0 Å². The summed E-state index contributed by atoms with van der Waals surface area (Å²) in [6, 6.07) is 14.3. The molecule has 0 aliphatic carbocycles. The Bertz CT molecular complexity index is 1520. The molecule has 0 bridgehead atoms. The summed E-state index contributed by atoms with van der Waals surface area (Å²) in [5, 5.41) is 29.7. The Balaban J connectivity index is 0.00000120. The number of hydrogen-bond donors (Lipinski definition) is 6. The molecule has 15 nitrogen and oxygen atoms in total. The third kappa shape index (κ3) is 22.5. The van der Waals surface area contributed by atoms with Crippen molar-refractivity contribution in [3.05, 3.63) is 65.7 Å². The summed E-state index contributed by atoms with van der Waals surface area (Å²) in [4.78, 5) is 75.8. The fraction of sp³-hybridized carbons (Fsp3) is 0.600. The molecular formula is C45H74N6O9. The highest BCUT2D eigenvalue weighted by Crippen LogP contribution is 2.20. The molecule has 1 heterocycles. The lowest BCUT2D eigenvalue weighted by Gasteiger charge is -2.27. The Morgan fingerprint density at radius 1 is 0.917 bits per heavy atom. The van der Waals surface area contributed by atoms with Crippen LogP contribution in [0.5, 0.6) is 5.75 Å². The number of nitrogens with zero attached hydrogens (tertiary/aromatic N) is 2. The number of aliphatic hydroxyl groups excluding tert-OH is 2. The van der Waals surface area contributed by atoms with Gasteiger partial charge in [0.15, 0.2) is 6.29 Å². The van der Waals surface area contributed by atoms with Crippen molar-refractivity contribution in [2.75, 3.05) is 54.0 Å². The van der Waals surface area contributed by atoms with Crippen LogP contribution in [0.2, 0.25) is 0 Å². The van der Waals surface area contributed by atoms with Gasteiger partial charge < -0.3 is 50.8 Å². The molecule has 0 saturated carbocycles. The third-order valence-electron chi connectivity index (χ3n) is 8.66. The maximum Gasteiger partial charge on any atom is 0.249 e. The lowest BCUT2D eigenvalue weighted by atomic mass is 10.0. The Kier molecular flexibility index (Phi) is 30.3. The molecule has 60 heavy (non-hydrogen) atoms. The number of ether oxygens (including phenoxy) is 1. The second-order valence-electron chi connectivity index (χ2n) is 14.9. The zero-order chi connectivity index (χ0) is 45.5. The van der Waals surface area contributed by atoms with E-state index in [0.717, 1.165) is 24.3 Å². The van der Waals surface area contributed by atoms with Crippen molar-refractivity contribution in [2.45, 2.75) is 117 Å². The van der Waals surface area contributed by atoms with Gasteiger partial charge in [-0.15, -0.1) is 0 Å². The average Bonchev–Trinajstić information content (AvgIpc) is 3.74. The number of rotatable bonds is 21. The molecule has 0 aromatic heterocycles. The molecule has 0 radical (unpaired) electrons. The molecule has 1 aliphatic rings. The number of unbranched alkanes of at least 4 members (excludes halogenated alkanes) is 2. The van der Waals surface area contributed by atoms with Gasteiger partial charge in [-0.25, -0.2) is 0 Å². The monoisotopic (exact) mass is 843 g/mol. The van der Waals surface area contributed by atoms with Gasteiger partial charge in [-0.2, -0.15) is 0 Å². The van der Waals surface area contributed by atoms with Crippen molar-refractivity contribution >= 4 is 35.8 Å². The topological polar surface area (TPSA) is 207 Å². The number of aliphatic hydroxyl groups is 2. The van der Waals surface area contributed by atoms with E-state index in [9.17, 15) is 33.9 Å². The molecule has 0 spiro atoms. The van der Waals surface area contributed by atoms with Gasteiger partial charge in [0.05, 0.1) is 32.2 Å². The Morgan fingerprint density at radius 3 is 2.13 bits per heavy atom. The second kappa shape index (κ2) is 32.9. The number of aldehydes is 1. The van der Waals surface area contributed by atoms with Gasteiger partial charge in [-0.05, 0) is 56.7 Å². The molecule has 15 heteroatoms.